The van der Waals surface area contributed by atoms with Gasteiger partial charge in [0.2, 0.25) is 0 Å². The van der Waals surface area contributed by atoms with Gasteiger partial charge in [-0.2, -0.15) is 0 Å². The van der Waals surface area contributed by atoms with Crippen LogP contribution in [0.5, 0.6) is 0 Å². The Morgan fingerprint density at radius 3 is 1.22 bits per heavy atom. The Morgan fingerprint density at radius 2 is 0.906 bits per heavy atom. The Morgan fingerprint density at radius 1 is 0.594 bits per heavy atom. The fraction of sp³-hybridized carbons (Fsp3) is 0.481. The molecule has 0 spiro atoms. The summed E-state index contributed by atoms with van der Waals surface area (Å²) in [6.07, 6.45) is 6.60. The fourth-order valence-corrected chi connectivity index (χ4v) is 5.09. The van der Waals surface area contributed by atoms with E-state index in [4.69, 9.17) is 0 Å². The predicted octanol–water partition coefficient (Wildman–Crippen LogP) is 4.52. The van der Waals surface area contributed by atoms with Gasteiger partial charge in [0.1, 0.15) is 17.3 Å². The summed E-state index contributed by atoms with van der Waals surface area (Å²) < 4.78 is 0. The van der Waals surface area contributed by atoms with E-state index in [1.165, 1.54) is 0 Å². The van der Waals surface area contributed by atoms with Crippen molar-refractivity contribution in [3.8, 4) is 0 Å². The highest BCUT2D eigenvalue weighted by atomic mass is 16.3. The molecule has 5 nitrogen and oxygen atoms in total. The van der Waals surface area contributed by atoms with E-state index < -0.39 is 17.3 Å². The molecule has 5 heteroatoms. The third-order valence-corrected chi connectivity index (χ3v) is 7.18. The number of carbonyl (C=O) groups excluding carboxylic acids is 2. The zero-order chi connectivity index (χ0) is 22.8. The van der Waals surface area contributed by atoms with Crippen LogP contribution in [0.25, 0.3) is 0 Å². The number of ketones is 2. The maximum absolute atomic E-state index is 12.8. The molecule has 0 amide bonds. The molecule has 32 heavy (non-hydrogen) atoms. The second kappa shape index (κ2) is 9.26. The van der Waals surface area contributed by atoms with E-state index in [1.807, 2.05) is 0 Å². The Labute approximate surface area is 189 Å². The third kappa shape index (κ3) is 4.56. The lowest BCUT2D eigenvalue weighted by Crippen LogP contribution is -2.40. The van der Waals surface area contributed by atoms with Crippen LogP contribution in [0, 0.1) is 0 Å². The topological polar surface area (TPSA) is 94.8 Å². The van der Waals surface area contributed by atoms with Gasteiger partial charge in [0.15, 0.2) is 11.6 Å². The number of hydrogen-bond donors (Lipinski definition) is 3. The fourth-order valence-electron chi connectivity index (χ4n) is 5.09. The summed E-state index contributed by atoms with van der Waals surface area (Å²) in [5, 5.41) is 32.2. The monoisotopic (exact) mass is 436 g/mol. The van der Waals surface area contributed by atoms with Crippen LogP contribution in [0.15, 0.2) is 48.5 Å². The first-order valence-corrected chi connectivity index (χ1v) is 11.7. The van der Waals surface area contributed by atoms with Crippen LogP contribution in [0.4, 0.5) is 0 Å². The lowest BCUT2D eigenvalue weighted by molar-refractivity contribution is 0.0116. The van der Waals surface area contributed by atoms with Gasteiger partial charge in [0.05, 0.1) is 0 Å². The van der Waals surface area contributed by atoms with E-state index in [9.17, 15) is 24.9 Å². The quantitative estimate of drug-likeness (QED) is 0.579. The van der Waals surface area contributed by atoms with Gasteiger partial charge in [0, 0.05) is 11.1 Å². The van der Waals surface area contributed by atoms with Crippen molar-refractivity contribution in [2.24, 2.45) is 0 Å². The van der Waals surface area contributed by atoms with Crippen molar-refractivity contribution < 1.29 is 24.9 Å². The maximum Gasteiger partial charge on any atom is 0.194 e. The molecule has 2 aliphatic rings. The van der Waals surface area contributed by atoms with Gasteiger partial charge in [-0.25, -0.2) is 0 Å². The second-order valence-corrected chi connectivity index (χ2v) is 9.49. The van der Waals surface area contributed by atoms with Crippen LogP contribution in [-0.2, 0) is 0 Å². The molecule has 2 fully saturated rings. The number of rotatable bonds is 6. The van der Waals surface area contributed by atoms with Crippen LogP contribution in [0.2, 0.25) is 0 Å². The lowest BCUT2D eigenvalue weighted by atomic mass is 9.79. The molecule has 2 aromatic carbocycles. The molecule has 0 heterocycles. The van der Waals surface area contributed by atoms with Crippen LogP contribution >= 0.6 is 0 Å². The third-order valence-electron chi connectivity index (χ3n) is 7.18. The van der Waals surface area contributed by atoms with Crippen LogP contribution in [0.1, 0.15) is 102 Å². The van der Waals surface area contributed by atoms with Crippen molar-refractivity contribution in [2.75, 3.05) is 0 Å². The summed E-state index contributed by atoms with van der Waals surface area (Å²) in [6.45, 7) is 0. The van der Waals surface area contributed by atoms with E-state index in [-0.39, 0.29) is 11.6 Å². The summed E-state index contributed by atoms with van der Waals surface area (Å²) in [4.78, 5) is 25.5. The maximum atomic E-state index is 12.8. The Balaban J connectivity index is 1.45. The van der Waals surface area contributed by atoms with E-state index in [0.29, 0.717) is 47.9 Å². The van der Waals surface area contributed by atoms with Gasteiger partial charge >= 0.3 is 0 Å². The Kier molecular flexibility index (Phi) is 6.61. The Hall–Kier alpha value is -2.34. The molecule has 0 aromatic heterocycles. The molecule has 2 aliphatic carbocycles. The predicted molar refractivity (Wildman–Crippen MR) is 122 cm³/mol. The van der Waals surface area contributed by atoms with Crippen molar-refractivity contribution in [2.45, 2.75) is 81.5 Å². The number of aliphatic hydroxyl groups is 3. The van der Waals surface area contributed by atoms with E-state index in [2.05, 4.69) is 0 Å². The van der Waals surface area contributed by atoms with E-state index in [1.54, 1.807) is 48.5 Å². The summed E-state index contributed by atoms with van der Waals surface area (Å²) in [5.41, 5.74) is -0.393. The van der Waals surface area contributed by atoms with Gasteiger partial charge in [0.25, 0.3) is 0 Å². The van der Waals surface area contributed by atoms with Crippen LogP contribution < -0.4 is 0 Å². The normalized spacial score (nSPS) is 20.1. The van der Waals surface area contributed by atoms with Gasteiger partial charge in [-0.1, -0.05) is 87.1 Å². The summed E-state index contributed by atoms with van der Waals surface area (Å²) in [5.74, 6) is -0.497. The number of aliphatic hydroxyl groups excluding tert-OH is 1. The summed E-state index contributed by atoms with van der Waals surface area (Å²) in [7, 11) is 0. The van der Waals surface area contributed by atoms with Crippen molar-refractivity contribution in [3.63, 3.8) is 0 Å². The van der Waals surface area contributed by atoms with Crippen molar-refractivity contribution in [3.05, 3.63) is 70.8 Å². The minimum Gasteiger partial charge on any atom is -0.384 e. The molecule has 0 saturated heterocycles. The molecule has 0 radical (unpaired) electrons. The first-order valence-electron chi connectivity index (χ1n) is 11.7. The average Bonchev–Trinajstić information content (AvgIpc) is 2.84. The zero-order valence-electron chi connectivity index (χ0n) is 18.4. The highest BCUT2D eigenvalue weighted by Gasteiger charge is 2.38. The van der Waals surface area contributed by atoms with Gasteiger partial charge in [-0.3, -0.25) is 9.59 Å². The molecule has 2 aromatic rings. The minimum absolute atomic E-state index is 0.248. The molecule has 0 bridgehead atoms. The molecule has 0 aliphatic heterocycles. The number of hydrogen-bond acceptors (Lipinski definition) is 5. The first-order chi connectivity index (χ1) is 15.3. The minimum atomic E-state index is -1.27. The molecule has 3 N–H and O–H groups in total. The Bertz CT molecular complexity index is 869. The van der Waals surface area contributed by atoms with Crippen LogP contribution in [-0.4, -0.2) is 38.1 Å². The van der Waals surface area contributed by atoms with Crippen molar-refractivity contribution in [1.82, 2.24) is 0 Å². The van der Waals surface area contributed by atoms with Crippen molar-refractivity contribution >= 4 is 11.6 Å². The largest absolute Gasteiger partial charge is 0.384 e. The lowest BCUT2D eigenvalue weighted by Gasteiger charge is -2.30. The van der Waals surface area contributed by atoms with Crippen LogP contribution in [0.3, 0.4) is 0 Å². The molecule has 2 saturated carbocycles. The highest BCUT2D eigenvalue weighted by molar-refractivity contribution is 6.03. The molecule has 170 valence electrons. The average molecular weight is 437 g/mol. The SMILES string of the molecule is O=C(c1ccc(C(O)c2ccc(C(=O)C3(O)CCCCC3)cc2)cc1)C1(O)CCCCC1. The summed E-state index contributed by atoms with van der Waals surface area (Å²) >= 11 is 0. The van der Waals surface area contributed by atoms with Gasteiger partial charge in [-0.15, -0.1) is 0 Å². The second-order valence-electron chi connectivity index (χ2n) is 9.49. The number of Topliss-reactive ketones (excluding diaryl/α,β-unsaturated/α-hetero) is 2. The number of carbonyl (C=O) groups is 2. The van der Waals surface area contributed by atoms with Crippen molar-refractivity contribution in [1.29, 1.82) is 0 Å². The summed E-state index contributed by atoms with van der Waals surface area (Å²) in [6, 6.07) is 13.4. The number of benzene rings is 2. The smallest absolute Gasteiger partial charge is 0.194 e. The van der Waals surface area contributed by atoms with Gasteiger partial charge < -0.3 is 15.3 Å². The molecule has 0 atom stereocenters. The standard InChI is InChI=1S/C27H32O5/c28-23(19-7-11-21(12-8-19)24(29)26(31)15-3-1-4-16-26)20-9-13-22(14-10-20)25(30)27(32)17-5-2-6-18-27/h7-14,23,28,31-32H,1-6,15-18H2. The molecular formula is C27H32O5. The molecular weight excluding hydrogens is 404 g/mol. The molecule has 4 rings (SSSR count). The van der Waals surface area contributed by atoms with E-state index >= 15 is 0 Å². The zero-order valence-corrected chi connectivity index (χ0v) is 18.4. The first kappa shape index (κ1) is 22.8. The molecule has 0 unspecified atom stereocenters. The van der Waals surface area contributed by atoms with Gasteiger partial charge in [-0.05, 0) is 36.8 Å². The highest BCUT2D eigenvalue weighted by Crippen LogP contribution is 2.33. The van der Waals surface area contributed by atoms with E-state index in [0.717, 1.165) is 38.5 Å².